The highest BCUT2D eigenvalue weighted by Crippen LogP contribution is 2.30. The number of benzene rings is 3. The van der Waals surface area contributed by atoms with Crippen molar-refractivity contribution in [1.29, 1.82) is 0 Å². The molecule has 198 valence electrons. The number of methoxy groups -OCH3 is 1. The van der Waals surface area contributed by atoms with Crippen molar-refractivity contribution in [3.8, 4) is 5.75 Å². The summed E-state index contributed by atoms with van der Waals surface area (Å²) in [5.74, 6) is 0.493. The van der Waals surface area contributed by atoms with E-state index in [0.717, 1.165) is 28.0 Å². The first kappa shape index (κ1) is 26.3. The van der Waals surface area contributed by atoms with Crippen LogP contribution in [-0.4, -0.2) is 40.4 Å². The SMILES string of the molecule is COc1ccc([C@H]2/C=C\CN(Cc3ccncc3)[C@@H](Cc3ccccc3)C(=O)N2Cc2ccc(F)cc2)cc1. The van der Waals surface area contributed by atoms with Gasteiger partial charge in [0.05, 0.1) is 19.2 Å². The molecule has 2 atom stereocenters. The van der Waals surface area contributed by atoms with Crippen LogP contribution in [0.25, 0.3) is 0 Å². The number of aromatic nitrogens is 1. The molecule has 0 saturated heterocycles. The summed E-state index contributed by atoms with van der Waals surface area (Å²) < 4.78 is 19.1. The molecule has 5 nitrogen and oxygen atoms in total. The minimum Gasteiger partial charge on any atom is -0.497 e. The topological polar surface area (TPSA) is 45.7 Å². The molecule has 1 aliphatic heterocycles. The van der Waals surface area contributed by atoms with Crippen LogP contribution >= 0.6 is 0 Å². The van der Waals surface area contributed by atoms with Crippen molar-refractivity contribution in [3.05, 3.63) is 144 Å². The summed E-state index contributed by atoms with van der Waals surface area (Å²) in [5.41, 5.74) is 4.06. The zero-order valence-electron chi connectivity index (χ0n) is 22.0. The molecule has 1 aromatic heterocycles. The Morgan fingerprint density at radius 2 is 1.54 bits per heavy atom. The van der Waals surface area contributed by atoms with Crippen LogP contribution in [-0.2, 0) is 24.3 Å². The molecule has 0 fully saturated rings. The fourth-order valence-electron chi connectivity index (χ4n) is 5.05. The van der Waals surface area contributed by atoms with Crippen molar-refractivity contribution in [2.24, 2.45) is 0 Å². The Labute approximate surface area is 229 Å². The standard InChI is InChI=1S/C33H32FN3O2/c1-39-30-15-11-28(12-16-30)31-8-5-21-36(23-27-17-19-35-20-18-27)32(22-25-6-3-2-4-7-25)33(38)37(31)24-26-9-13-29(34)14-10-26/h2-20,31-32H,21-24H2,1H3/b8-5-/t31-,32+/m1/s1. The summed E-state index contributed by atoms with van der Waals surface area (Å²) >= 11 is 0. The molecule has 0 saturated carbocycles. The average Bonchev–Trinajstić information content (AvgIpc) is 2.98. The smallest absolute Gasteiger partial charge is 0.241 e. The molecule has 3 aromatic carbocycles. The Morgan fingerprint density at radius 1 is 0.846 bits per heavy atom. The van der Waals surface area contributed by atoms with Crippen molar-refractivity contribution >= 4 is 5.91 Å². The summed E-state index contributed by atoms with van der Waals surface area (Å²) in [6.07, 6.45) is 8.39. The van der Waals surface area contributed by atoms with E-state index < -0.39 is 6.04 Å². The van der Waals surface area contributed by atoms with Crippen LogP contribution in [0.2, 0.25) is 0 Å². The number of rotatable bonds is 8. The van der Waals surface area contributed by atoms with E-state index >= 15 is 0 Å². The number of amides is 1. The summed E-state index contributed by atoms with van der Waals surface area (Å²) in [4.78, 5) is 22.9. The number of carbonyl (C=O) groups is 1. The van der Waals surface area contributed by atoms with E-state index in [0.29, 0.717) is 26.1 Å². The Morgan fingerprint density at radius 3 is 2.23 bits per heavy atom. The number of pyridine rings is 1. The van der Waals surface area contributed by atoms with Crippen molar-refractivity contribution in [2.75, 3.05) is 13.7 Å². The molecule has 1 aliphatic rings. The molecule has 6 heteroatoms. The van der Waals surface area contributed by atoms with Crippen molar-refractivity contribution < 1.29 is 13.9 Å². The van der Waals surface area contributed by atoms with E-state index in [9.17, 15) is 9.18 Å². The molecule has 5 rings (SSSR count). The van der Waals surface area contributed by atoms with Gasteiger partial charge in [-0.3, -0.25) is 14.7 Å². The first-order valence-electron chi connectivity index (χ1n) is 13.1. The van der Waals surface area contributed by atoms with Gasteiger partial charge in [0.15, 0.2) is 0 Å². The predicted molar refractivity (Wildman–Crippen MR) is 150 cm³/mol. The van der Waals surface area contributed by atoms with Gasteiger partial charge in [0.1, 0.15) is 11.6 Å². The number of ether oxygens (including phenoxy) is 1. The number of halogens is 1. The lowest BCUT2D eigenvalue weighted by Gasteiger charge is -2.39. The number of hydrogen-bond acceptors (Lipinski definition) is 4. The predicted octanol–water partition coefficient (Wildman–Crippen LogP) is 5.98. The second kappa shape index (κ2) is 12.5. The van der Waals surface area contributed by atoms with Gasteiger partial charge in [-0.2, -0.15) is 0 Å². The van der Waals surface area contributed by atoms with Gasteiger partial charge in [0.25, 0.3) is 0 Å². The third kappa shape index (κ3) is 6.59. The van der Waals surface area contributed by atoms with E-state index in [1.807, 2.05) is 59.5 Å². The molecule has 0 spiro atoms. The largest absolute Gasteiger partial charge is 0.497 e. The molecular weight excluding hydrogens is 489 g/mol. The Kier molecular flexibility index (Phi) is 8.44. The van der Waals surface area contributed by atoms with E-state index in [4.69, 9.17) is 4.74 Å². The monoisotopic (exact) mass is 521 g/mol. The Hall–Kier alpha value is -4.29. The van der Waals surface area contributed by atoms with E-state index in [1.54, 1.807) is 31.6 Å². The number of carbonyl (C=O) groups excluding carboxylic acids is 1. The lowest BCUT2D eigenvalue weighted by atomic mass is 9.97. The quantitative estimate of drug-likeness (QED) is 0.268. The van der Waals surface area contributed by atoms with Crippen LogP contribution in [0.4, 0.5) is 4.39 Å². The molecule has 4 aromatic rings. The zero-order chi connectivity index (χ0) is 27.0. The molecule has 0 radical (unpaired) electrons. The highest BCUT2D eigenvalue weighted by atomic mass is 19.1. The third-order valence-corrected chi connectivity index (χ3v) is 7.13. The molecule has 0 bridgehead atoms. The Balaban J connectivity index is 1.56. The van der Waals surface area contributed by atoms with Crippen LogP contribution < -0.4 is 4.74 Å². The van der Waals surface area contributed by atoms with E-state index in [1.165, 1.54) is 12.1 Å². The molecule has 1 amide bonds. The maximum atomic E-state index is 14.6. The minimum atomic E-state index is -0.397. The van der Waals surface area contributed by atoms with Crippen LogP contribution in [0.1, 0.15) is 28.3 Å². The highest BCUT2D eigenvalue weighted by Gasteiger charge is 2.35. The minimum absolute atomic E-state index is 0.0300. The normalized spacial score (nSPS) is 18.8. The first-order valence-corrected chi connectivity index (χ1v) is 13.1. The summed E-state index contributed by atoms with van der Waals surface area (Å²) in [6, 6.07) is 27.7. The molecule has 39 heavy (non-hydrogen) atoms. The van der Waals surface area contributed by atoms with Gasteiger partial charge in [0.2, 0.25) is 5.91 Å². The lowest BCUT2D eigenvalue weighted by molar-refractivity contribution is -0.139. The molecular formula is C33H32FN3O2. The fourth-order valence-corrected chi connectivity index (χ4v) is 5.05. The second-order valence-electron chi connectivity index (χ2n) is 9.73. The van der Waals surface area contributed by atoms with Crippen LogP contribution in [0.3, 0.4) is 0 Å². The fraction of sp³-hybridized carbons (Fsp3) is 0.212. The van der Waals surface area contributed by atoms with Gasteiger partial charge < -0.3 is 9.64 Å². The maximum absolute atomic E-state index is 14.6. The van der Waals surface area contributed by atoms with Crippen molar-refractivity contribution in [3.63, 3.8) is 0 Å². The van der Waals surface area contributed by atoms with Crippen LogP contribution in [0, 0.1) is 5.82 Å². The molecule has 0 unspecified atom stereocenters. The number of hydrogen-bond donors (Lipinski definition) is 0. The van der Waals surface area contributed by atoms with Crippen LogP contribution in [0.5, 0.6) is 5.75 Å². The zero-order valence-corrected chi connectivity index (χ0v) is 22.0. The lowest BCUT2D eigenvalue weighted by Crippen LogP contribution is -2.51. The van der Waals surface area contributed by atoms with E-state index in [-0.39, 0.29) is 17.8 Å². The van der Waals surface area contributed by atoms with Gasteiger partial charge in [-0.05, 0) is 65.1 Å². The van der Waals surface area contributed by atoms with Gasteiger partial charge in [-0.25, -0.2) is 4.39 Å². The molecule has 0 N–H and O–H groups in total. The van der Waals surface area contributed by atoms with Gasteiger partial charge in [-0.15, -0.1) is 0 Å². The van der Waals surface area contributed by atoms with Gasteiger partial charge >= 0.3 is 0 Å². The molecule has 2 heterocycles. The Bertz CT molecular complexity index is 1380. The van der Waals surface area contributed by atoms with Crippen molar-refractivity contribution in [1.82, 2.24) is 14.8 Å². The van der Waals surface area contributed by atoms with Gasteiger partial charge in [0, 0.05) is 32.0 Å². The summed E-state index contributed by atoms with van der Waals surface area (Å²) in [5, 5.41) is 0. The van der Waals surface area contributed by atoms with Crippen molar-refractivity contribution in [2.45, 2.75) is 31.6 Å². The first-order chi connectivity index (χ1) is 19.1. The van der Waals surface area contributed by atoms with Crippen LogP contribution in [0.15, 0.2) is 116 Å². The van der Waals surface area contributed by atoms with E-state index in [2.05, 4.69) is 34.2 Å². The number of nitrogens with zero attached hydrogens (tertiary/aromatic N) is 3. The summed E-state index contributed by atoms with van der Waals surface area (Å²) in [6.45, 7) is 1.60. The summed E-state index contributed by atoms with van der Waals surface area (Å²) in [7, 11) is 1.64. The van der Waals surface area contributed by atoms with Gasteiger partial charge in [-0.1, -0.05) is 66.7 Å². The second-order valence-corrected chi connectivity index (χ2v) is 9.73. The highest BCUT2D eigenvalue weighted by molar-refractivity contribution is 5.83. The third-order valence-electron chi connectivity index (χ3n) is 7.13. The average molecular weight is 522 g/mol. The molecule has 0 aliphatic carbocycles. The maximum Gasteiger partial charge on any atom is 0.241 e.